The maximum absolute atomic E-state index is 11.8. The molecule has 1 aliphatic heterocycles. The summed E-state index contributed by atoms with van der Waals surface area (Å²) in [6.45, 7) is -0.421. The zero-order valence-corrected chi connectivity index (χ0v) is 10.1. The third-order valence-electron chi connectivity index (χ3n) is 2.86. The van der Waals surface area contributed by atoms with Gasteiger partial charge in [0.25, 0.3) is 0 Å². The minimum atomic E-state index is -4.35. The number of hydrogen-bond acceptors (Lipinski definition) is 3. The number of alkyl halides is 3. The first kappa shape index (κ1) is 15.2. The molecule has 1 fully saturated rings. The van der Waals surface area contributed by atoms with Gasteiger partial charge in [0.05, 0.1) is 13.0 Å². The SMILES string of the molecule is O=C(CCOCC(F)(F)F)N1CCCC(CO)C1. The van der Waals surface area contributed by atoms with Crippen molar-refractivity contribution in [3.8, 4) is 0 Å². The van der Waals surface area contributed by atoms with Gasteiger partial charge in [0.2, 0.25) is 5.91 Å². The van der Waals surface area contributed by atoms with Crippen molar-refractivity contribution in [2.24, 2.45) is 5.92 Å². The number of nitrogens with zero attached hydrogens (tertiary/aromatic N) is 1. The van der Waals surface area contributed by atoms with Crippen molar-refractivity contribution in [2.75, 3.05) is 32.9 Å². The molecule has 18 heavy (non-hydrogen) atoms. The summed E-state index contributed by atoms with van der Waals surface area (Å²) in [5.74, 6) is -0.130. The fourth-order valence-corrected chi connectivity index (χ4v) is 1.95. The van der Waals surface area contributed by atoms with E-state index in [0.29, 0.717) is 13.1 Å². The van der Waals surface area contributed by atoms with Crippen molar-refractivity contribution in [1.82, 2.24) is 4.90 Å². The van der Waals surface area contributed by atoms with Crippen LogP contribution in [-0.2, 0) is 9.53 Å². The monoisotopic (exact) mass is 269 g/mol. The molecule has 4 nitrogen and oxygen atoms in total. The Morgan fingerprint density at radius 3 is 2.78 bits per heavy atom. The van der Waals surface area contributed by atoms with Gasteiger partial charge >= 0.3 is 6.18 Å². The van der Waals surface area contributed by atoms with Crippen molar-refractivity contribution >= 4 is 5.91 Å². The average Bonchev–Trinajstić information content (AvgIpc) is 2.33. The van der Waals surface area contributed by atoms with Crippen molar-refractivity contribution in [2.45, 2.75) is 25.4 Å². The van der Waals surface area contributed by atoms with Gasteiger partial charge in [0, 0.05) is 19.7 Å². The number of aliphatic hydroxyl groups is 1. The van der Waals surface area contributed by atoms with Gasteiger partial charge in [-0.25, -0.2) is 0 Å². The second kappa shape index (κ2) is 6.94. The van der Waals surface area contributed by atoms with Crippen LogP contribution < -0.4 is 0 Å². The van der Waals surface area contributed by atoms with E-state index in [1.807, 2.05) is 0 Å². The molecule has 0 aliphatic carbocycles. The molecule has 1 saturated heterocycles. The van der Waals surface area contributed by atoms with Crippen LogP contribution in [0.3, 0.4) is 0 Å². The minimum Gasteiger partial charge on any atom is -0.396 e. The molecule has 0 radical (unpaired) electrons. The highest BCUT2D eigenvalue weighted by Gasteiger charge is 2.28. The third-order valence-corrected chi connectivity index (χ3v) is 2.86. The molecule has 0 aromatic rings. The summed E-state index contributed by atoms with van der Waals surface area (Å²) < 4.78 is 39.7. The molecule has 0 saturated carbocycles. The number of likely N-dealkylation sites (tertiary alicyclic amines) is 1. The molecule has 0 bridgehead atoms. The van der Waals surface area contributed by atoms with Gasteiger partial charge in [0.1, 0.15) is 6.61 Å². The number of rotatable bonds is 5. The summed E-state index contributed by atoms with van der Waals surface area (Å²) in [5, 5.41) is 9.01. The zero-order chi connectivity index (χ0) is 13.6. The lowest BCUT2D eigenvalue weighted by molar-refractivity contribution is -0.175. The van der Waals surface area contributed by atoms with E-state index in [9.17, 15) is 18.0 Å². The van der Waals surface area contributed by atoms with Crippen LogP contribution in [0.25, 0.3) is 0 Å². The van der Waals surface area contributed by atoms with Crippen molar-refractivity contribution < 1.29 is 27.8 Å². The molecular weight excluding hydrogens is 251 g/mol. The second-order valence-electron chi connectivity index (χ2n) is 4.45. The van der Waals surface area contributed by atoms with Crippen molar-refractivity contribution in [3.05, 3.63) is 0 Å². The Morgan fingerprint density at radius 2 is 2.17 bits per heavy atom. The number of aliphatic hydroxyl groups excluding tert-OH is 1. The number of amides is 1. The van der Waals surface area contributed by atoms with Crippen LogP contribution in [0.5, 0.6) is 0 Å². The molecule has 106 valence electrons. The Kier molecular flexibility index (Phi) is 5.87. The van der Waals surface area contributed by atoms with E-state index in [2.05, 4.69) is 4.74 Å². The summed E-state index contributed by atoms with van der Waals surface area (Å²) in [6.07, 6.45) is -2.70. The summed E-state index contributed by atoms with van der Waals surface area (Å²) in [5.41, 5.74) is 0. The summed E-state index contributed by atoms with van der Waals surface area (Å²) in [7, 11) is 0. The molecule has 7 heteroatoms. The Hall–Kier alpha value is -0.820. The fourth-order valence-electron chi connectivity index (χ4n) is 1.95. The van der Waals surface area contributed by atoms with Gasteiger partial charge in [-0.2, -0.15) is 13.2 Å². The molecule has 0 spiro atoms. The van der Waals surface area contributed by atoms with Crippen molar-refractivity contribution in [1.29, 1.82) is 0 Å². The Balaban J connectivity index is 2.20. The molecule has 1 atom stereocenters. The predicted octanol–water partition coefficient (Wildman–Crippen LogP) is 1.19. The van der Waals surface area contributed by atoms with E-state index in [1.165, 1.54) is 0 Å². The van der Waals surface area contributed by atoms with E-state index in [4.69, 9.17) is 5.11 Å². The number of halogens is 3. The second-order valence-corrected chi connectivity index (χ2v) is 4.45. The highest BCUT2D eigenvalue weighted by atomic mass is 19.4. The number of piperidine rings is 1. The quantitative estimate of drug-likeness (QED) is 0.763. The number of ether oxygens (including phenoxy) is 1. The average molecular weight is 269 g/mol. The maximum atomic E-state index is 11.8. The standard InChI is InChI=1S/C11H18F3NO3/c12-11(13,14)8-18-5-3-10(17)15-4-1-2-9(6-15)7-16/h9,16H,1-8H2. The molecule has 1 N–H and O–H groups in total. The van der Waals surface area contributed by atoms with Crippen LogP contribution in [0.1, 0.15) is 19.3 Å². The molecule has 1 heterocycles. The molecule has 1 rings (SSSR count). The van der Waals surface area contributed by atoms with E-state index >= 15 is 0 Å². The summed E-state index contributed by atoms with van der Waals surface area (Å²) in [6, 6.07) is 0. The smallest absolute Gasteiger partial charge is 0.396 e. The minimum absolute atomic E-state index is 0.0361. The summed E-state index contributed by atoms with van der Waals surface area (Å²) in [4.78, 5) is 13.3. The van der Waals surface area contributed by atoms with Gasteiger partial charge in [-0.05, 0) is 18.8 Å². The first-order chi connectivity index (χ1) is 8.42. The predicted molar refractivity (Wildman–Crippen MR) is 57.9 cm³/mol. The lowest BCUT2D eigenvalue weighted by Gasteiger charge is -2.31. The van der Waals surface area contributed by atoms with Crippen LogP contribution in [-0.4, -0.2) is 55.0 Å². The number of carbonyl (C=O) groups excluding carboxylic acids is 1. The van der Waals surface area contributed by atoms with E-state index in [1.54, 1.807) is 4.90 Å². The molecule has 1 unspecified atom stereocenters. The largest absolute Gasteiger partial charge is 0.411 e. The Morgan fingerprint density at radius 1 is 1.44 bits per heavy atom. The highest BCUT2D eigenvalue weighted by molar-refractivity contribution is 5.76. The first-order valence-corrected chi connectivity index (χ1v) is 5.95. The van der Waals surface area contributed by atoms with Gasteiger partial charge in [-0.15, -0.1) is 0 Å². The van der Waals surface area contributed by atoms with Gasteiger partial charge < -0.3 is 14.7 Å². The number of carbonyl (C=O) groups is 1. The molecular formula is C11H18F3NO3. The van der Waals surface area contributed by atoms with Crippen LogP contribution in [0.15, 0.2) is 0 Å². The van der Waals surface area contributed by atoms with E-state index in [0.717, 1.165) is 12.8 Å². The Bertz CT molecular complexity index is 271. The summed E-state index contributed by atoms with van der Waals surface area (Å²) >= 11 is 0. The van der Waals surface area contributed by atoms with Crippen LogP contribution in [0.4, 0.5) is 13.2 Å². The molecule has 1 amide bonds. The first-order valence-electron chi connectivity index (χ1n) is 5.95. The van der Waals surface area contributed by atoms with Crippen LogP contribution >= 0.6 is 0 Å². The van der Waals surface area contributed by atoms with Crippen molar-refractivity contribution in [3.63, 3.8) is 0 Å². The van der Waals surface area contributed by atoms with Gasteiger partial charge in [-0.1, -0.05) is 0 Å². The van der Waals surface area contributed by atoms with Gasteiger partial charge in [-0.3, -0.25) is 4.79 Å². The zero-order valence-electron chi connectivity index (χ0n) is 10.1. The topological polar surface area (TPSA) is 49.8 Å². The maximum Gasteiger partial charge on any atom is 0.411 e. The fraction of sp³-hybridized carbons (Fsp3) is 0.909. The Labute approximate surface area is 104 Å². The normalized spacial score (nSPS) is 21.1. The van der Waals surface area contributed by atoms with Gasteiger partial charge in [0.15, 0.2) is 0 Å². The molecule has 0 aromatic carbocycles. The molecule has 1 aliphatic rings. The van der Waals surface area contributed by atoms with Crippen LogP contribution in [0, 0.1) is 5.92 Å². The highest BCUT2D eigenvalue weighted by Crippen LogP contribution is 2.17. The van der Waals surface area contributed by atoms with E-state index < -0.39 is 12.8 Å². The lowest BCUT2D eigenvalue weighted by Crippen LogP contribution is -2.41. The van der Waals surface area contributed by atoms with Crippen LogP contribution in [0.2, 0.25) is 0 Å². The third kappa shape index (κ3) is 5.68. The molecule has 0 aromatic heterocycles. The number of hydrogen-bond donors (Lipinski definition) is 1. The lowest BCUT2D eigenvalue weighted by atomic mass is 9.99. The van der Waals surface area contributed by atoms with E-state index in [-0.39, 0.29) is 31.5 Å².